The van der Waals surface area contributed by atoms with Crippen LogP contribution < -0.4 is 32.6 Å². The molecular weight excluding hydrogens is 552 g/mol. The van der Waals surface area contributed by atoms with Gasteiger partial charge in [-0.3, -0.25) is 14.4 Å². The highest BCUT2D eigenvalue weighted by molar-refractivity contribution is 7.89. The average molecular weight is 579 g/mol. The van der Waals surface area contributed by atoms with E-state index in [1.807, 2.05) is 0 Å². The highest BCUT2D eigenvalue weighted by Gasteiger charge is 2.40. The third kappa shape index (κ3) is 6.71. The quantitative estimate of drug-likeness (QED) is 0.253. The van der Waals surface area contributed by atoms with Gasteiger partial charge in [0.1, 0.15) is 0 Å². The number of aliphatic imine (C=N–C) groups is 1. The molecule has 3 amide bonds. The van der Waals surface area contributed by atoms with Crippen LogP contribution in [0, 0.1) is 0 Å². The zero-order valence-electron chi connectivity index (χ0n) is 20.6. The number of nitrogens with one attached hydrogen (secondary N) is 3. The minimum Gasteiger partial charge on any atom is -0.382 e. The number of aromatic nitrogens is 2. The molecule has 0 radical (unpaired) electrons. The largest absolute Gasteiger partial charge is 0.382 e. The molecule has 4 rings (SSSR count). The highest BCUT2D eigenvalue weighted by atomic mass is 35.5. The SMILES string of the molecule is Nc1nc(N)c(C(=O)/N=C2\NCC3(CCN(C(=O)CCC(=O)Nc4ccc(S(N)(=O)=O)cc4)CC3)N2)nc1Cl. The van der Waals surface area contributed by atoms with Crippen molar-refractivity contribution in [2.24, 2.45) is 10.1 Å². The van der Waals surface area contributed by atoms with Crippen LogP contribution in [-0.2, 0) is 19.6 Å². The molecule has 2 saturated heterocycles. The first-order valence-corrected chi connectivity index (χ1v) is 13.7. The smallest absolute Gasteiger partial charge is 0.302 e. The molecule has 2 aromatic rings. The molecule has 2 aliphatic heterocycles. The topological polar surface area (TPSA) is 241 Å². The van der Waals surface area contributed by atoms with Crippen molar-refractivity contribution < 1.29 is 22.8 Å². The molecule has 0 atom stereocenters. The Hall–Kier alpha value is -4.02. The van der Waals surface area contributed by atoms with E-state index in [9.17, 15) is 22.8 Å². The van der Waals surface area contributed by atoms with Gasteiger partial charge < -0.3 is 32.3 Å². The fourth-order valence-electron chi connectivity index (χ4n) is 4.23. The molecule has 2 fully saturated rings. The van der Waals surface area contributed by atoms with E-state index in [4.69, 9.17) is 28.2 Å². The van der Waals surface area contributed by atoms with E-state index in [-0.39, 0.29) is 58.0 Å². The molecule has 1 aromatic heterocycles. The number of hydrogen-bond acceptors (Lipinski definition) is 9. The Balaban J connectivity index is 1.25. The normalized spacial score (nSPS) is 17.5. The predicted octanol–water partition coefficient (Wildman–Crippen LogP) is -0.589. The second kappa shape index (κ2) is 11.0. The van der Waals surface area contributed by atoms with Crippen LogP contribution in [0.15, 0.2) is 34.2 Å². The fourth-order valence-corrected chi connectivity index (χ4v) is 4.87. The van der Waals surface area contributed by atoms with Gasteiger partial charge in [0.2, 0.25) is 21.8 Å². The van der Waals surface area contributed by atoms with Crippen LogP contribution in [0.2, 0.25) is 5.15 Å². The number of rotatable bonds is 6. The van der Waals surface area contributed by atoms with Crippen LogP contribution in [0.25, 0.3) is 0 Å². The van der Waals surface area contributed by atoms with Crippen LogP contribution in [0.5, 0.6) is 0 Å². The van der Waals surface area contributed by atoms with Crippen molar-refractivity contribution >= 4 is 62.6 Å². The van der Waals surface area contributed by atoms with Crippen molar-refractivity contribution in [3.63, 3.8) is 0 Å². The molecule has 3 heterocycles. The van der Waals surface area contributed by atoms with Gasteiger partial charge >= 0.3 is 5.91 Å². The van der Waals surface area contributed by atoms with Crippen molar-refractivity contribution in [3.05, 3.63) is 35.1 Å². The van der Waals surface area contributed by atoms with Gasteiger partial charge in [-0.05, 0) is 37.1 Å². The second-order valence-electron chi connectivity index (χ2n) is 9.16. The summed E-state index contributed by atoms with van der Waals surface area (Å²) in [5, 5.41) is 13.8. The first kappa shape index (κ1) is 28.0. The number of carbonyl (C=O) groups is 3. The Labute approximate surface area is 228 Å². The summed E-state index contributed by atoms with van der Waals surface area (Å²) in [5.74, 6) is -1.29. The lowest BCUT2D eigenvalue weighted by atomic mass is 9.88. The number of hydrogen-bond donors (Lipinski definition) is 6. The van der Waals surface area contributed by atoms with Gasteiger partial charge in [-0.15, -0.1) is 0 Å². The first-order valence-electron chi connectivity index (χ1n) is 11.8. The molecule has 17 heteroatoms. The van der Waals surface area contributed by atoms with Gasteiger partial charge in [0.05, 0.1) is 10.4 Å². The Morgan fingerprint density at radius 1 is 1.08 bits per heavy atom. The van der Waals surface area contributed by atoms with E-state index in [2.05, 4.69) is 30.9 Å². The fraction of sp³-hybridized carbons (Fsp3) is 0.364. The molecule has 9 N–H and O–H groups in total. The minimum atomic E-state index is -3.83. The van der Waals surface area contributed by atoms with Gasteiger partial charge in [0.25, 0.3) is 0 Å². The summed E-state index contributed by atoms with van der Waals surface area (Å²) < 4.78 is 22.6. The molecule has 2 aliphatic rings. The highest BCUT2D eigenvalue weighted by Crippen LogP contribution is 2.25. The van der Waals surface area contributed by atoms with Crippen LogP contribution in [0.1, 0.15) is 36.2 Å². The van der Waals surface area contributed by atoms with Crippen LogP contribution >= 0.6 is 11.6 Å². The minimum absolute atomic E-state index is 0.0214. The summed E-state index contributed by atoms with van der Waals surface area (Å²) in [6.45, 7) is 1.41. The summed E-state index contributed by atoms with van der Waals surface area (Å²) in [5.41, 5.74) is 11.0. The molecule has 0 aliphatic carbocycles. The molecule has 0 saturated carbocycles. The Morgan fingerprint density at radius 2 is 1.74 bits per heavy atom. The molecule has 1 spiro atoms. The molecule has 39 heavy (non-hydrogen) atoms. The van der Waals surface area contributed by atoms with Gasteiger partial charge in [0.15, 0.2) is 28.4 Å². The monoisotopic (exact) mass is 578 g/mol. The van der Waals surface area contributed by atoms with Crippen molar-refractivity contribution in [1.82, 2.24) is 25.5 Å². The lowest BCUT2D eigenvalue weighted by molar-refractivity contribution is -0.134. The zero-order chi connectivity index (χ0) is 28.4. The van der Waals surface area contributed by atoms with E-state index in [0.717, 1.165) is 0 Å². The predicted molar refractivity (Wildman–Crippen MR) is 143 cm³/mol. The lowest BCUT2D eigenvalue weighted by Gasteiger charge is -2.38. The summed E-state index contributed by atoms with van der Waals surface area (Å²) in [6, 6.07) is 5.42. The van der Waals surface area contributed by atoms with Gasteiger partial charge in [-0.25, -0.2) is 23.5 Å². The van der Waals surface area contributed by atoms with E-state index in [1.165, 1.54) is 24.3 Å². The summed E-state index contributed by atoms with van der Waals surface area (Å²) >= 11 is 5.83. The third-order valence-electron chi connectivity index (χ3n) is 6.40. The van der Waals surface area contributed by atoms with Crippen molar-refractivity contribution in [3.8, 4) is 0 Å². The third-order valence-corrected chi connectivity index (χ3v) is 7.61. The molecule has 208 valence electrons. The van der Waals surface area contributed by atoms with E-state index in [1.54, 1.807) is 4.90 Å². The van der Waals surface area contributed by atoms with Crippen molar-refractivity contribution in [1.29, 1.82) is 0 Å². The number of primary sulfonamides is 1. The van der Waals surface area contributed by atoms with Gasteiger partial charge in [-0.2, -0.15) is 4.99 Å². The van der Waals surface area contributed by atoms with Gasteiger partial charge in [0, 0.05) is 38.2 Å². The van der Waals surface area contributed by atoms with E-state index >= 15 is 0 Å². The van der Waals surface area contributed by atoms with Crippen molar-refractivity contribution in [2.45, 2.75) is 36.1 Å². The molecule has 15 nitrogen and oxygen atoms in total. The number of nitrogens with two attached hydrogens (primary N) is 3. The molecule has 1 aromatic carbocycles. The van der Waals surface area contributed by atoms with Crippen LogP contribution in [-0.4, -0.2) is 72.1 Å². The average Bonchev–Trinajstić information content (AvgIpc) is 3.26. The number of amides is 3. The number of guanidine groups is 1. The maximum Gasteiger partial charge on any atom is 0.302 e. The number of nitrogens with zero attached hydrogens (tertiary/aromatic N) is 4. The summed E-state index contributed by atoms with van der Waals surface area (Å²) in [6.07, 6.45) is 1.18. The molecular formula is C22H27ClN10O5S. The molecule has 0 bridgehead atoms. The van der Waals surface area contributed by atoms with Crippen molar-refractivity contribution in [2.75, 3.05) is 36.4 Å². The maximum absolute atomic E-state index is 12.7. The number of nitrogen functional groups attached to an aromatic ring is 2. The first-order chi connectivity index (χ1) is 18.3. The summed E-state index contributed by atoms with van der Waals surface area (Å²) in [7, 11) is -3.83. The number of carbonyl (C=O) groups excluding carboxylic acids is 3. The molecule has 0 unspecified atom stereocenters. The van der Waals surface area contributed by atoms with Crippen LogP contribution in [0.4, 0.5) is 17.3 Å². The Morgan fingerprint density at radius 3 is 2.38 bits per heavy atom. The van der Waals surface area contributed by atoms with Crippen LogP contribution in [0.3, 0.4) is 0 Å². The second-order valence-corrected chi connectivity index (χ2v) is 11.1. The number of sulfonamides is 1. The number of benzene rings is 1. The van der Waals surface area contributed by atoms with Gasteiger partial charge in [-0.1, -0.05) is 11.6 Å². The number of piperidine rings is 1. The van der Waals surface area contributed by atoms with E-state index in [0.29, 0.717) is 38.2 Å². The zero-order valence-corrected chi connectivity index (χ0v) is 22.2. The summed E-state index contributed by atoms with van der Waals surface area (Å²) in [4.78, 5) is 50.7. The number of halogens is 1. The van der Waals surface area contributed by atoms with E-state index < -0.39 is 21.5 Å². The number of likely N-dealkylation sites (tertiary alicyclic amines) is 1. The Kier molecular flexibility index (Phi) is 7.89. The maximum atomic E-state index is 12.7. The Bertz CT molecular complexity index is 1440. The standard InChI is InChI=1S/C22H27ClN10O5S/c23-17-19(25)30-18(24)16(29-17)20(36)31-21-27-11-22(32-21)7-9-33(10-8-22)15(35)6-5-14(34)28-12-1-3-13(4-2-12)39(26,37)38/h1-4H,5-11H2,(H,28,34)(H4,24,25,30)(H2,26,37,38)(H2,27,31,32,36). The lowest BCUT2D eigenvalue weighted by Crippen LogP contribution is -2.53. The number of anilines is 3.